The van der Waals surface area contributed by atoms with Crippen LogP contribution in [-0.2, 0) is 6.54 Å². The zero-order valence-electron chi connectivity index (χ0n) is 16.6. The molecule has 0 aliphatic heterocycles. The van der Waals surface area contributed by atoms with Gasteiger partial charge in [-0.2, -0.15) is 10.1 Å². The van der Waals surface area contributed by atoms with Gasteiger partial charge in [0.15, 0.2) is 5.65 Å². The molecule has 7 heteroatoms. The number of rotatable bonds is 8. The molecule has 6 nitrogen and oxygen atoms in total. The van der Waals surface area contributed by atoms with Crippen molar-refractivity contribution in [3.8, 4) is 11.3 Å². The molecule has 1 fully saturated rings. The van der Waals surface area contributed by atoms with Crippen LogP contribution in [0.1, 0.15) is 44.9 Å². The van der Waals surface area contributed by atoms with Crippen molar-refractivity contribution in [3.05, 3.63) is 36.3 Å². The Labute approximate surface area is 170 Å². The summed E-state index contributed by atoms with van der Waals surface area (Å²) < 4.78 is 15.4. The third-order valence-corrected chi connectivity index (χ3v) is 5.63. The first-order chi connectivity index (χ1) is 14.2. The number of aromatic nitrogens is 4. The van der Waals surface area contributed by atoms with Crippen LogP contribution in [0.25, 0.3) is 22.3 Å². The summed E-state index contributed by atoms with van der Waals surface area (Å²) in [5, 5.41) is 17.9. The first-order valence-corrected chi connectivity index (χ1v) is 10.6. The van der Waals surface area contributed by atoms with Gasteiger partial charge >= 0.3 is 0 Å². The van der Waals surface area contributed by atoms with Gasteiger partial charge < -0.3 is 10.4 Å². The molecule has 0 saturated heterocycles. The summed E-state index contributed by atoms with van der Waals surface area (Å²) in [6.07, 6.45) is 9.75. The number of nitrogens with one attached hydrogen (secondary N) is 1. The van der Waals surface area contributed by atoms with Crippen LogP contribution in [0, 0.1) is 11.7 Å². The number of unbranched alkanes of at least 4 members (excludes halogenated alkanes) is 1. The first kappa shape index (κ1) is 19.8. The molecule has 3 aromatic rings. The van der Waals surface area contributed by atoms with E-state index in [1.807, 2.05) is 4.68 Å². The quantitative estimate of drug-likeness (QED) is 0.551. The number of hydrogen-bond donors (Lipinski definition) is 2. The second-order valence-corrected chi connectivity index (χ2v) is 7.83. The summed E-state index contributed by atoms with van der Waals surface area (Å²) in [6.45, 7) is 1.75. The number of aliphatic hydroxyl groups excluding tert-OH is 1. The number of nitrogens with zero attached hydrogens (tertiary/aromatic N) is 4. The minimum absolute atomic E-state index is 0.191. The van der Waals surface area contributed by atoms with Gasteiger partial charge in [-0.25, -0.2) is 14.1 Å². The highest BCUT2D eigenvalue weighted by atomic mass is 19.1. The molecule has 1 aliphatic rings. The van der Waals surface area contributed by atoms with E-state index in [9.17, 15) is 4.39 Å². The number of benzene rings is 1. The summed E-state index contributed by atoms with van der Waals surface area (Å²) >= 11 is 0. The third kappa shape index (κ3) is 4.72. The third-order valence-electron chi connectivity index (χ3n) is 5.63. The maximum atomic E-state index is 13.4. The second kappa shape index (κ2) is 9.31. The Morgan fingerprint density at radius 3 is 2.66 bits per heavy atom. The van der Waals surface area contributed by atoms with Crippen LogP contribution in [0.5, 0.6) is 0 Å². The van der Waals surface area contributed by atoms with Crippen molar-refractivity contribution in [2.45, 2.75) is 51.5 Å². The normalized spacial score (nSPS) is 15.1. The van der Waals surface area contributed by atoms with Crippen LogP contribution in [0.2, 0.25) is 0 Å². The molecule has 2 heterocycles. The minimum Gasteiger partial charge on any atom is -0.396 e. The molecule has 1 saturated carbocycles. The number of halogens is 1. The Bertz CT molecular complexity index is 934. The molecule has 0 unspecified atom stereocenters. The van der Waals surface area contributed by atoms with E-state index in [1.165, 1.54) is 44.2 Å². The lowest BCUT2D eigenvalue weighted by Crippen LogP contribution is -2.15. The topological polar surface area (TPSA) is 75.9 Å². The molecule has 2 N–H and O–H groups in total. The molecular formula is C22H28FN5O. The number of aliphatic hydroxyl groups is 1. The van der Waals surface area contributed by atoms with Gasteiger partial charge in [0, 0.05) is 31.5 Å². The average molecular weight is 397 g/mol. The van der Waals surface area contributed by atoms with Gasteiger partial charge in [-0.3, -0.25) is 0 Å². The van der Waals surface area contributed by atoms with Crippen molar-refractivity contribution in [3.63, 3.8) is 0 Å². The molecule has 0 bridgehead atoms. The van der Waals surface area contributed by atoms with Crippen molar-refractivity contribution in [2.24, 2.45) is 5.92 Å². The van der Waals surface area contributed by atoms with Crippen molar-refractivity contribution in [1.82, 2.24) is 19.7 Å². The second-order valence-electron chi connectivity index (χ2n) is 7.83. The number of fused-ring (bicyclic) bond motifs is 1. The minimum atomic E-state index is -0.259. The monoisotopic (exact) mass is 397 g/mol. The van der Waals surface area contributed by atoms with Gasteiger partial charge in [-0.15, -0.1) is 0 Å². The molecule has 29 heavy (non-hydrogen) atoms. The van der Waals surface area contributed by atoms with Gasteiger partial charge in [0.25, 0.3) is 0 Å². The lowest BCUT2D eigenvalue weighted by atomic mass is 9.89. The SMILES string of the molecule is OCCCCNc1ncc2c(-c3ccc(F)cc3)nn(CC3CCCCC3)c2n1. The molecule has 2 aromatic heterocycles. The fourth-order valence-corrected chi connectivity index (χ4v) is 4.04. The lowest BCUT2D eigenvalue weighted by Gasteiger charge is -2.21. The Morgan fingerprint density at radius 1 is 1.10 bits per heavy atom. The molecule has 0 atom stereocenters. The highest BCUT2D eigenvalue weighted by molar-refractivity contribution is 5.91. The van der Waals surface area contributed by atoms with Crippen LogP contribution in [0.15, 0.2) is 30.5 Å². The molecule has 4 rings (SSSR count). The Kier molecular flexibility index (Phi) is 6.34. The highest BCUT2D eigenvalue weighted by Crippen LogP contribution is 2.30. The molecule has 1 aliphatic carbocycles. The number of anilines is 1. The Hall–Kier alpha value is -2.54. The largest absolute Gasteiger partial charge is 0.396 e. The standard InChI is InChI=1S/C22H28FN5O/c23-18-10-8-17(9-11-18)20-19-14-25-22(24-12-4-5-13-29)26-21(19)28(27-20)15-16-6-2-1-3-7-16/h8-11,14,16,29H,1-7,12-13,15H2,(H,24,25,26). The van der Waals surface area contributed by atoms with E-state index >= 15 is 0 Å². The Morgan fingerprint density at radius 2 is 1.90 bits per heavy atom. The average Bonchev–Trinajstić information content (AvgIpc) is 3.10. The van der Waals surface area contributed by atoms with Crippen molar-refractivity contribution >= 4 is 17.0 Å². The van der Waals surface area contributed by atoms with E-state index < -0.39 is 0 Å². The van der Waals surface area contributed by atoms with Gasteiger partial charge in [0.05, 0.1) is 5.39 Å². The zero-order valence-corrected chi connectivity index (χ0v) is 16.6. The predicted molar refractivity (Wildman–Crippen MR) is 112 cm³/mol. The lowest BCUT2D eigenvalue weighted by molar-refractivity contribution is 0.286. The van der Waals surface area contributed by atoms with Gasteiger partial charge in [0.2, 0.25) is 5.95 Å². The summed E-state index contributed by atoms with van der Waals surface area (Å²) in [5.41, 5.74) is 2.48. The van der Waals surface area contributed by atoms with E-state index in [0.717, 1.165) is 41.7 Å². The maximum absolute atomic E-state index is 13.4. The van der Waals surface area contributed by atoms with Gasteiger partial charge in [-0.05, 0) is 55.9 Å². The van der Waals surface area contributed by atoms with E-state index in [4.69, 9.17) is 15.2 Å². The smallest absolute Gasteiger partial charge is 0.224 e. The summed E-state index contributed by atoms with van der Waals surface area (Å²) in [4.78, 5) is 9.20. The molecule has 154 valence electrons. The van der Waals surface area contributed by atoms with E-state index in [1.54, 1.807) is 18.3 Å². The van der Waals surface area contributed by atoms with E-state index in [0.29, 0.717) is 18.4 Å². The predicted octanol–water partition coefficient (Wildman–Crippen LogP) is 4.40. The maximum Gasteiger partial charge on any atom is 0.224 e. The van der Waals surface area contributed by atoms with E-state index in [-0.39, 0.29) is 12.4 Å². The number of hydrogen-bond acceptors (Lipinski definition) is 5. The van der Waals surface area contributed by atoms with Crippen molar-refractivity contribution in [1.29, 1.82) is 0 Å². The zero-order chi connectivity index (χ0) is 20.1. The molecule has 0 amide bonds. The van der Waals surface area contributed by atoms with Crippen LogP contribution in [0.4, 0.5) is 10.3 Å². The first-order valence-electron chi connectivity index (χ1n) is 10.6. The van der Waals surface area contributed by atoms with E-state index in [2.05, 4.69) is 10.3 Å². The summed E-state index contributed by atoms with van der Waals surface area (Å²) in [7, 11) is 0. The van der Waals surface area contributed by atoms with Gasteiger partial charge in [0.1, 0.15) is 11.5 Å². The fourth-order valence-electron chi connectivity index (χ4n) is 4.04. The molecule has 0 radical (unpaired) electrons. The molecular weight excluding hydrogens is 369 g/mol. The van der Waals surface area contributed by atoms with Crippen LogP contribution >= 0.6 is 0 Å². The van der Waals surface area contributed by atoms with Crippen LogP contribution < -0.4 is 5.32 Å². The van der Waals surface area contributed by atoms with Gasteiger partial charge in [-0.1, -0.05) is 19.3 Å². The summed E-state index contributed by atoms with van der Waals surface area (Å²) in [5.74, 6) is 0.931. The Balaban J connectivity index is 1.66. The van der Waals surface area contributed by atoms with Crippen molar-refractivity contribution in [2.75, 3.05) is 18.5 Å². The summed E-state index contributed by atoms with van der Waals surface area (Å²) in [6, 6.07) is 6.42. The highest BCUT2D eigenvalue weighted by Gasteiger charge is 2.20. The molecule has 1 aromatic carbocycles. The van der Waals surface area contributed by atoms with Crippen LogP contribution in [-0.4, -0.2) is 38.0 Å². The van der Waals surface area contributed by atoms with Crippen LogP contribution in [0.3, 0.4) is 0 Å². The van der Waals surface area contributed by atoms with Crippen molar-refractivity contribution < 1.29 is 9.50 Å². The fraction of sp³-hybridized carbons (Fsp3) is 0.500. The molecule has 0 spiro atoms.